The third-order valence-corrected chi connectivity index (χ3v) is 2.54. The van der Waals surface area contributed by atoms with E-state index in [-0.39, 0.29) is 18.9 Å². The molecule has 0 aliphatic carbocycles. The highest BCUT2D eigenvalue weighted by molar-refractivity contribution is 9.10. The lowest BCUT2D eigenvalue weighted by atomic mass is 10.1. The number of pyridine rings is 1. The van der Waals surface area contributed by atoms with Crippen molar-refractivity contribution in [3.8, 4) is 0 Å². The topological polar surface area (TPSA) is 82.5 Å². The van der Waals surface area contributed by atoms with E-state index in [4.69, 9.17) is 10.2 Å². The highest BCUT2D eigenvalue weighted by Gasteiger charge is 2.25. The molecule has 5 nitrogen and oxygen atoms in total. The molecular formula is C10H13BrN2O3. The Balaban J connectivity index is 2.76. The van der Waals surface area contributed by atoms with Crippen LogP contribution in [0.2, 0.25) is 0 Å². The molecule has 88 valence electrons. The number of aliphatic hydroxyl groups excluding tert-OH is 2. The van der Waals surface area contributed by atoms with Crippen LogP contribution in [0.3, 0.4) is 0 Å². The van der Waals surface area contributed by atoms with Gasteiger partial charge in [-0.05, 0) is 35.0 Å². The molecule has 3 N–H and O–H groups in total. The number of halogens is 1. The number of hydrogen-bond donors (Lipinski definition) is 3. The van der Waals surface area contributed by atoms with Gasteiger partial charge in [0.1, 0.15) is 5.69 Å². The van der Waals surface area contributed by atoms with Crippen LogP contribution in [0.15, 0.2) is 22.8 Å². The Kier molecular flexibility index (Phi) is 4.40. The maximum atomic E-state index is 11.7. The fourth-order valence-electron chi connectivity index (χ4n) is 0.977. The maximum Gasteiger partial charge on any atom is 0.270 e. The van der Waals surface area contributed by atoms with E-state index in [2.05, 4.69) is 26.2 Å². The molecule has 0 fully saturated rings. The number of aliphatic hydroxyl groups is 2. The number of nitrogens with one attached hydrogen (secondary N) is 1. The van der Waals surface area contributed by atoms with E-state index >= 15 is 0 Å². The first-order chi connectivity index (χ1) is 7.50. The van der Waals surface area contributed by atoms with E-state index in [9.17, 15) is 4.79 Å². The monoisotopic (exact) mass is 288 g/mol. The van der Waals surface area contributed by atoms with Gasteiger partial charge in [0.15, 0.2) is 0 Å². The van der Waals surface area contributed by atoms with Crippen molar-refractivity contribution in [2.75, 3.05) is 13.2 Å². The van der Waals surface area contributed by atoms with Gasteiger partial charge in [0.05, 0.1) is 18.8 Å². The SMILES string of the molecule is CC(CO)(CO)NC(=O)c1ccc(Br)cn1. The Labute approximate surface area is 102 Å². The molecule has 1 heterocycles. The molecule has 0 unspecified atom stereocenters. The number of nitrogens with zero attached hydrogens (tertiary/aromatic N) is 1. The van der Waals surface area contributed by atoms with E-state index in [0.29, 0.717) is 0 Å². The van der Waals surface area contributed by atoms with E-state index < -0.39 is 11.4 Å². The summed E-state index contributed by atoms with van der Waals surface area (Å²) >= 11 is 3.21. The Hall–Kier alpha value is -0.980. The molecular weight excluding hydrogens is 276 g/mol. The second kappa shape index (κ2) is 5.38. The Bertz CT molecular complexity index is 363. The Morgan fingerprint density at radius 2 is 2.12 bits per heavy atom. The largest absolute Gasteiger partial charge is 0.394 e. The molecule has 16 heavy (non-hydrogen) atoms. The van der Waals surface area contributed by atoms with Crippen LogP contribution >= 0.6 is 15.9 Å². The van der Waals surface area contributed by atoms with Crippen LogP contribution in [-0.4, -0.2) is 39.9 Å². The lowest BCUT2D eigenvalue weighted by molar-refractivity contribution is 0.0719. The van der Waals surface area contributed by atoms with E-state index in [0.717, 1.165) is 4.47 Å². The van der Waals surface area contributed by atoms with Gasteiger partial charge >= 0.3 is 0 Å². The van der Waals surface area contributed by atoms with Gasteiger partial charge in [-0.3, -0.25) is 4.79 Å². The van der Waals surface area contributed by atoms with Crippen molar-refractivity contribution in [3.05, 3.63) is 28.5 Å². The normalized spacial score (nSPS) is 11.2. The van der Waals surface area contributed by atoms with Crippen LogP contribution in [0, 0.1) is 0 Å². The first-order valence-corrected chi connectivity index (χ1v) is 5.46. The quantitative estimate of drug-likeness (QED) is 0.745. The summed E-state index contributed by atoms with van der Waals surface area (Å²) in [6.07, 6.45) is 1.50. The molecule has 0 saturated carbocycles. The van der Waals surface area contributed by atoms with Crippen molar-refractivity contribution in [1.82, 2.24) is 10.3 Å². The fraction of sp³-hybridized carbons (Fsp3) is 0.400. The van der Waals surface area contributed by atoms with Gasteiger partial charge in [-0.2, -0.15) is 0 Å². The smallest absolute Gasteiger partial charge is 0.270 e. The van der Waals surface area contributed by atoms with Crippen molar-refractivity contribution in [2.45, 2.75) is 12.5 Å². The van der Waals surface area contributed by atoms with Gasteiger partial charge in [-0.15, -0.1) is 0 Å². The number of hydrogen-bond acceptors (Lipinski definition) is 4. The summed E-state index contributed by atoms with van der Waals surface area (Å²) in [7, 11) is 0. The zero-order chi connectivity index (χ0) is 12.2. The molecule has 0 aromatic carbocycles. The van der Waals surface area contributed by atoms with Crippen molar-refractivity contribution in [2.24, 2.45) is 0 Å². The summed E-state index contributed by atoms with van der Waals surface area (Å²) in [5, 5.41) is 20.6. The first kappa shape index (κ1) is 13.1. The van der Waals surface area contributed by atoms with Crippen molar-refractivity contribution >= 4 is 21.8 Å². The molecule has 6 heteroatoms. The minimum absolute atomic E-state index is 0.233. The fourth-order valence-corrected chi connectivity index (χ4v) is 1.21. The molecule has 1 aromatic rings. The van der Waals surface area contributed by atoms with Gasteiger partial charge in [-0.1, -0.05) is 0 Å². The molecule has 0 radical (unpaired) electrons. The van der Waals surface area contributed by atoms with Gasteiger partial charge in [0, 0.05) is 10.7 Å². The number of amides is 1. The molecule has 1 rings (SSSR count). The van der Waals surface area contributed by atoms with Gasteiger partial charge in [0.2, 0.25) is 0 Å². The minimum atomic E-state index is -1.04. The summed E-state index contributed by atoms with van der Waals surface area (Å²) in [4.78, 5) is 15.6. The zero-order valence-corrected chi connectivity index (χ0v) is 10.4. The summed E-state index contributed by atoms with van der Waals surface area (Å²) in [6, 6.07) is 3.24. The summed E-state index contributed by atoms with van der Waals surface area (Å²) in [6.45, 7) is 0.862. The van der Waals surface area contributed by atoms with Crippen LogP contribution < -0.4 is 5.32 Å². The average Bonchev–Trinajstić information content (AvgIpc) is 2.29. The lowest BCUT2D eigenvalue weighted by Crippen LogP contribution is -2.51. The summed E-state index contributed by atoms with van der Waals surface area (Å²) < 4.78 is 0.774. The highest BCUT2D eigenvalue weighted by Crippen LogP contribution is 2.08. The van der Waals surface area contributed by atoms with E-state index in [1.165, 1.54) is 6.20 Å². The second-order valence-electron chi connectivity index (χ2n) is 3.69. The predicted octanol–water partition coefficient (Wildman–Crippen LogP) is 0.317. The summed E-state index contributed by atoms with van der Waals surface area (Å²) in [5.41, 5.74) is -0.803. The number of rotatable bonds is 4. The highest BCUT2D eigenvalue weighted by atomic mass is 79.9. The van der Waals surface area contributed by atoms with Gasteiger partial charge < -0.3 is 15.5 Å². The first-order valence-electron chi connectivity index (χ1n) is 4.66. The van der Waals surface area contributed by atoms with Crippen LogP contribution in [-0.2, 0) is 0 Å². The Morgan fingerprint density at radius 3 is 2.56 bits per heavy atom. The zero-order valence-electron chi connectivity index (χ0n) is 8.77. The van der Waals surface area contributed by atoms with E-state index in [1.807, 2.05) is 0 Å². The molecule has 1 amide bonds. The average molecular weight is 289 g/mol. The van der Waals surface area contributed by atoms with Gasteiger partial charge in [-0.25, -0.2) is 4.98 Å². The van der Waals surface area contributed by atoms with Crippen molar-refractivity contribution in [3.63, 3.8) is 0 Å². The number of carbonyl (C=O) groups is 1. The third kappa shape index (κ3) is 3.26. The Morgan fingerprint density at radius 1 is 1.50 bits per heavy atom. The molecule has 0 aliphatic rings. The van der Waals surface area contributed by atoms with Crippen molar-refractivity contribution < 1.29 is 15.0 Å². The number of carbonyl (C=O) groups excluding carboxylic acids is 1. The predicted molar refractivity (Wildman–Crippen MR) is 62.0 cm³/mol. The molecule has 0 saturated heterocycles. The molecule has 0 bridgehead atoms. The molecule has 0 atom stereocenters. The van der Waals surface area contributed by atoms with Crippen LogP contribution in [0.25, 0.3) is 0 Å². The summed E-state index contributed by atoms with van der Waals surface area (Å²) in [5.74, 6) is -0.432. The molecule has 0 spiro atoms. The maximum absolute atomic E-state index is 11.7. The standard InChI is InChI=1S/C10H13BrN2O3/c1-10(5-14,6-15)13-9(16)8-3-2-7(11)4-12-8/h2-4,14-15H,5-6H2,1H3,(H,13,16). The molecule has 1 aromatic heterocycles. The van der Waals surface area contributed by atoms with Crippen LogP contribution in [0.4, 0.5) is 0 Å². The van der Waals surface area contributed by atoms with Gasteiger partial charge in [0.25, 0.3) is 5.91 Å². The lowest BCUT2D eigenvalue weighted by Gasteiger charge is -2.25. The second-order valence-corrected chi connectivity index (χ2v) is 4.61. The van der Waals surface area contributed by atoms with Crippen LogP contribution in [0.5, 0.6) is 0 Å². The van der Waals surface area contributed by atoms with Crippen molar-refractivity contribution in [1.29, 1.82) is 0 Å². The molecule has 0 aliphatic heterocycles. The number of aromatic nitrogens is 1. The minimum Gasteiger partial charge on any atom is -0.394 e. The van der Waals surface area contributed by atoms with Crippen LogP contribution in [0.1, 0.15) is 17.4 Å². The van der Waals surface area contributed by atoms with E-state index in [1.54, 1.807) is 19.1 Å². The third-order valence-electron chi connectivity index (χ3n) is 2.07.